The third-order valence-corrected chi connectivity index (χ3v) is 1.79. The van der Waals surface area contributed by atoms with Gasteiger partial charge in [-0.25, -0.2) is 0 Å². The van der Waals surface area contributed by atoms with Crippen LogP contribution < -0.4 is 0 Å². The molecule has 0 aromatic carbocycles. The fourth-order valence-electron chi connectivity index (χ4n) is 0.739. The summed E-state index contributed by atoms with van der Waals surface area (Å²) in [5, 5.41) is 20.2. The Bertz CT molecular complexity index is 151. The van der Waals surface area contributed by atoms with E-state index in [0.29, 0.717) is 39.6 Å². The van der Waals surface area contributed by atoms with Gasteiger partial charge in [0.05, 0.1) is 52.9 Å². The predicted molar refractivity (Wildman–Crippen MR) is 74.6 cm³/mol. The number of aliphatic hydroxyl groups excluding tert-OH is 2. The van der Waals surface area contributed by atoms with Gasteiger partial charge in [0.15, 0.2) is 0 Å². The molecule has 18 heavy (non-hydrogen) atoms. The molecule has 108 valence electrons. The van der Waals surface area contributed by atoms with E-state index in [-0.39, 0.29) is 13.2 Å². The summed E-state index contributed by atoms with van der Waals surface area (Å²) < 4.78 is 15.0. The van der Waals surface area contributed by atoms with Crippen LogP contribution in [0.3, 0.4) is 0 Å². The Morgan fingerprint density at radius 2 is 1.06 bits per heavy atom. The first-order valence-corrected chi connectivity index (χ1v) is 6.60. The average Bonchev–Trinajstić information content (AvgIpc) is 2.39. The fraction of sp³-hybridized carbons (Fsp3) is 0.667. The second-order valence-corrected chi connectivity index (χ2v) is 3.69. The van der Waals surface area contributed by atoms with E-state index in [9.17, 15) is 0 Å². The van der Waals surface area contributed by atoms with Gasteiger partial charge in [-0.15, -0.1) is 11.8 Å². The van der Waals surface area contributed by atoms with Crippen LogP contribution in [0.5, 0.6) is 0 Å². The summed E-state index contributed by atoms with van der Waals surface area (Å²) in [5.41, 5.74) is 0. The maximum Gasteiger partial charge on any atom is 0.0701 e. The van der Waals surface area contributed by atoms with Crippen LogP contribution >= 0.6 is 11.8 Å². The SMILES string of the molecule is C=CSC=C.OCCOCCOCCOCCO. The predicted octanol–water partition coefficient (Wildman–Crippen LogP) is 1.03. The molecule has 0 atom stereocenters. The van der Waals surface area contributed by atoms with E-state index >= 15 is 0 Å². The molecular weight excluding hydrogens is 256 g/mol. The molecular formula is C12H24O5S. The van der Waals surface area contributed by atoms with Gasteiger partial charge >= 0.3 is 0 Å². The van der Waals surface area contributed by atoms with Crippen LogP contribution in [0.25, 0.3) is 0 Å². The smallest absolute Gasteiger partial charge is 0.0701 e. The minimum absolute atomic E-state index is 0.0413. The van der Waals surface area contributed by atoms with Crippen molar-refractivity contribution in [2.45, 2.75) is 0 Å². The zero-order valence-electron chi connectivity index (χ0n) is 10.8. The van der Waals surface area contributed by atoms with E-state index in [0.717, 1.165) is 0 Å². The Balaban J connectivity index is 0. The van der Waals surface area contributed by atoms with E-state index in [4.69, 9.17) is 24.4 Å². The average molecular weight is 280 g/mol. The monoisotopic (exact) mass is 280 g/mol. The summed E-state index contributed by atoms with van der Waals surface area (Å²) in [5.74, 6) is 0. The summed E-state index contributed by atoms with van der Waals surface area (Å²) in [6.45, 7) is 9.65. The number of thioether (sulfide) groups is 1. The second-order valence-electron chi connectivity index (χ2n) is 2.75. The Labute approximate surface area is 113 Å². The standard InChI is InChI=1S/C8H18O5.C4H6S/c9-1-3-11-5-7-13-8-6-12-4-2-10;1-3-5-4-2/h9-10H,1-8H2;3-4H,1-2H2. The van der Waals surface area contributed by atoms with E-state index < -0.39 is 0 Å². The number of ether oxygens (including phenoxy) is 3. The summed E-state index contributed by atoms with van der Waals surface area (Å²) in [6, 6.07) is 0. The highest BCUT2D eigenvalue weighted by atomic mass is 32.2. The van der Waals surface area contributed by atoms with E-state index in [2.05, 4.69) is 13.2 Å². The molecule has 0 aromatic heterocycles. The van der Waals surface area contributed by atoms with Crippen molar-refractivity contribution in [2.24, 2.45) is 0 Å². The minimum atomic E-state index is 0.0413. The lowest BCUT2D eigenvalue weighted by atomic mass is 10.7. The first kappa shape index (κ1) is 20.0. The molecule has 0 aliphatic rings. The highest BCUT2D eigenvalue weighted by molar-refractivity contribution is 8.04. The summed E-state index contributed by atoms with van der Waals surface area (Å²) in [4.78, 5) is 0. The first-order chi connectivity index (χ1) is 8.83. The van der Waals surface area contributed by atoms with Crippen molar-refractivity contribution < 1.29 is 24.4 Å². The largest absolute Gasteiger partial charge is 0.394 e. The van der Waals surface area contributed by atoms with Crippen LogP contribution in [0.2, 0.25) is 0 Å². The van der Waals surface area contributed by atoms with Crippen LogP contribution in [-0.4, -0.2) is 63.1 Å². The van der Waals surface area contributed by atoms with Crippen molar-refractivity contribution in [1.29, 1.82) is 0 Å². The molecule has 0 saturated heterocycles. The van der Waals surface area contributed by atoms with Crippen molar-refractivity contribution in [3.8, 4) is 0 Å². The van der Waals surface area contributed by atoms with Crippen LogP contribution in [-0.2, 0) is 14.2 Å². The fourth-order valence-corrected chi connectivity index (χ4v) is 0.875. The van der Waals surface area contributed by atoms with Crippen LogP contribution in [0.1, 0.15) is 0 Å². The van der Waals surface area contributed by atoms with E-state index in [1.54, 1.807) is 10.8 Å². The number of aliphatic hydroxyl groups is 2. The topological polar surface area (TPSA) is 68.2 Å². The molecule has 0 heterocycles. The number of rotatable bonds is 12. The normalized spacial score (nSPS) is 9.44. The lowest BCUT2D eigenvalue weighted by molar-refractivity contribution is 0.00230. The van der Waals surface area contributed by atoms with Gasteiger partial charge in [-0.1, -0.05) is 13.2 Å². The Morgan fingerprint density at radius 1 is 0.722 bits per heavy atom. The quantitative estimate of drug-likeness (QED) is 0.520. The minimum Gasteiger partial charge on any atom is -0.394 e. The lowest BCUT2D eigenvalue weighted by Gasteiger charge is -2.04. The number of hydrogen-bond acceptors (Lipinski definition) is 6. The number of hydrogen-bond donors (Lipinski definition) is 2. The third-order valence-electron chi connectivity index (χ3n) is 1.41. The summed E-state index contributed by atoms with van der Waals surface area (Å²) in [7, 11) is 0. The molecule has 0 amide bonds. The van der Waals surface area contributed by atoms with Gasteiger partial charge in [0.2, 0.25) is 0 Å². The van der Waals surface area contributed by atoms with Crippen molar-refractivity contribution in [2.75, 3.05) is 52.9 Å². The highest BCUT2D eigenvalue weighted by Gasteiger charge is 1.89. The molecule has 0 saturated carbocycles. The zero-order valence-corrected chi connectivity index (χ0v) is 11.6. The van der Waals surface area contributed by atoms with Crippen LogP contribution in [0.4, 0.5) is 0 Å². The molecule has 0 bridgehead atoms. The van der Waals surface area contributed by atoms with Gasteiger partial charge in [-0.3, -0.25) is 0 Å². The second kappa shape index (κ2) is 21.9. The molecule has 5 nitrogen and oxygen atoms in total. The summed E-state index contributed by atoms with van der Waals surface area (Å²) >= 11 is 1.49. The first-order valence-electron chi connectivity index (χ1n) is 5.65. The van der Waals surface area contributed by atoms with Crippen molar-refractivity contribution in [3.63, 3.8) is 0 Å². The molecule has 0 spiro atoms. The van der Waals surface area contributed by atoms with Gasteiger partial charge in [0.25, 0.3) is 0 Å². The Hall–Kier alpha value is -0.370. The molecule has 2 N–H and O–H groups in total. The maximum atomic E-state index is 8.36. The molecule has 0 aliphatic heterocycles. The van der Waals surface area contributed by atoms with Crippen LogP contribution in [0, 0.1) is 0 Å². The molecule has 0 radical (unpaired) electrons. The molecule has 0 unspecified atom stereocenters. The van der Waals surface area contributed by atoms with Gasteiger partial charge in [-0.2, -0.15) is 0 Å². The van der Waals surface area contributed by atoms with Gasteiger partial charge in [-0.05, 0) is 10.8 Å². The molecule has 0 rings (SSSR count). The van der Waals surface area contributed by atoms with Gasteiger partial charge < -0.3 is 24.4 Å². The van der Waals surface area contributed by atoms with Crippen molar-refractivity contribution in [1.82, 2.24) is 0 Å². The van der Waals surface area contributed by atoms with Crippen molar-refractivity contribution in [3.05, 3.63) is 24.0 Å². The van der Waals surface area contributed by atoms with Crippen molar-refractivity contribution >= 4 is 11.8 Å². The molecule has 6 heteroatoms. The molecule has 0 aromatic rings. The Morgan fingerprint density at radius 3 is 1.28 bits per heavy atom. The zero-order chi connectivity index (χ0) is 13.9. The van der Waals surface area contributed by atoms with Gasteiger partial charge in [0, 0.05) is 0 Å². The molecule has 0 aliphatic carbocycles. The maximum absolute atomic E-state index is 8.36. The molecule has 0 fully saturated rings. The van der Waals surface area contributed by atoms with E-state index in [1.165, 1.54) is 11.8 Å². The summed E-state index contributed by atoms with van der Waals surface area (Å²) in [6.07, 6.45) is 0. The lowest BCUT2D eigenvalue weighted by Crippen LogP contribution is -2.11. The van der Waals surface area contributed by atoms with Crippen LogP contribution in [0.15, 0.2) is 24.0 Å². The van der Waals surface area contributed by atoms with Gasteiger partial charge in [0.1, 0.15) is 0 Å². The Kier molecular flexibility index (Phi) is 24.2. The third kappa shape index (κ3) is 24.7. The van der Waals surface area contributed by atoms with E-state index in [1.807, 2.05) is 0 Å². The highest BCUT2D eigenvalue weighted by Crippen LogP contribution is 1.96.